The van der Waals surface area contributed by atoms with Crippen LogP contribution in [0.4, 0.5) is 0 Å². The van der Waals surface area contributed by atoms with Crippen molar-refractivity contribution in [2.24, 2.45) is 11.7 Å². The van der Waals surface area contributed by atoms with Crippen molar-refractivity contribution in [2.45, 2.75) is 26.7 Å². The minimum absolute atomic E-state index is 0.220. The smallest absolute Gasteiger partial charge is 0.222 e. The second kappa shape index (κ2) is 6.00. The van der Waals surface area contributed by atoms with Crippen LogP contribution in [0.15, 0.2) is 0 Å². The number of amides is 1. The van der Waals surface area contributed by atoms with Crippen LogP contribution < -0.4 is 5.73 Å². The van der Waals surface area contributed by atoms with Gasteiger partial charge in [0.1, 0.15) is 0 Å². The molecule has 0 heterocycles. The van der Waals surface area contributed by atoms with Gasteiger partial charge in [-0.1, -0.05) is 6.92 Å². The van der Waals surface area contributed by atoms with Crippen LogP contribution in [0.5, 0.6) is 0 Å². The van der Waals surface area contributed by atoms with Crippen molar-refractivity contribution in [1.29, 1.82) is 0 Å². The van der Waals surface area contributed by atoms with Crippen LogP contribution in [0.3, 0.4) is 0 Å². The molecule has 0 saturated carbocycles. The summed E-state index contributed by atoms with van der Waals surface area (Å²) in [6.45, 7) is 5.50. The number of nitrogens with two attached hydrogens (primary N) is 1. The molecule has 12 heavy (non-hydrogen) atoms. The van der Waals surface area contributed by atoms with E-state index in [9.17, 15) is 4.79 Å². The van der Waals surface area contributed by atoms with Crippen LogP contribution in [0, 0.1) is 5.92 Å². The van der Waals surface area contributed by atoms with Crippen LogP contribution in [-0.2, 0) is 4.79 Å². The van der Waals surface area contributed by atoms with Gasteiger partial charge < -0.3 is 10.6 Å². The summed E-state index contributed by atoms with van der Waals surface area (Å²) >= 11 is 0. The number of carbonyl (C=O) groups is 1. The summed E-state index contributed by atoms with van der Waals surface area (Å²) in [7, 11) is 1.83. The molecular weight excluding hydrogens is 152 g/mol. The molecule has 0 bridgehead atoms. The van der Waals surface area contributed by atoms with E-state index in [-0.39, 0.29) is 5.91 Å². The van der Waals surface area contributed by atoms with Gasteiger partial charge in [-0.25, -0.2) is 0 Å². The fourth-order valence-corrected chi connectivity index (χ4v) is 0.855. The summed E-state index contributed by atoms with van der Waals surface area (Å²) in [5.74, 6) is 0.678. The molecule has 0 aliphatic heterocycles. The lowest BCUT2D eigenvalue weighted by Gasteiger charge is -2.15. The molecule has 1 atom stereocenters. The Balaban J connectivity index is 3.56. The minimum Gasteiger partial charge on any atom is -0.346 e. The highest BCUT2D eigenvalue weighted by atomic mass is 16.2. The molecule has 3 heteroatoms. The van der Waals surface area contributed by atoms with Crippen molar-refractivity contribution in [1.82, 2.24) is 4.90 Å². The Hall–Kier alpha value is -0.570. The third kappa shape index (κ3) is 4.34. The van der Waals surface area contributed by atoms with Crippen LogP contribution in [0.2, 0.25) is 0 Å². The second-order valence-corrected chi connectivity index (χ2v) is 3.29. The van der Waals surface area contributed by atoms with Crippen molar-refractivity contribution in [3.8, 4) is 0 Å². The molecule has 0 rings (SSSR count). The quantitative estimate of drug-likeness (QED) is 0.668. The maximum absolute atomic E-state index is 11.3. The van der Waals surface area contributed by atoms with E-state index in [4.69, 9.17) is 5.73 Å². The summed E-state index contributed by atoms with van der Waals surface area (Å²) < 4.78 is 0. The van der Waals surface area contributed by atoms with E-state index in [0.29, 0.717) is 18.9 Å². The predicted octanol–water partition coefficient (Wildman–Crippen LogP) is 0.840. The van der Waals surface area contributed by atoms with Crippen molar-refractivity contribution in [3.63, 3.8) is 0 Å². The molecule has 0 aromatic rings. The number of hydrogen-bond donors (Lipinski definition) is 1. The van der Waals surface area contributed by atoms with Crippen LogP contribution >= 0.6 is 0 Å². The molecule has 2 N–H and O–H groups in total. The monoisotopic (exact) mass is 172 g/mol. The lowest BCUT2D eigenvalue weighted by atomic mass is 10.1. The van der Waals surface area contributed by atoms with Gasteiger partial charge in [0.25, 0.3) is 0 Å². The Morgan fingerprint density at radius 3 is 2.58 bits per heavy atom. The average molecular weight is 172 g/mol. The highest BCUT2D eigenvalue weighted by Crippen LogP contribution is 2.04. The zero-order chi connectivity index (χ0) is 9.56. The van der Waals surface area contributed by atoms with E-state index in [1.165, 1.54) is 0 Å². The predicted molar refractivity (Wildman–Crippen MR) is 50.8 cm³/mol. The Kier molecular flexibility index (Phi) is 5.72. The summed E-state index contributed by atoms with van der Waals surface area (Å²) in [5, 5.41) is 0. The molecule has 0 saturated heterocycles. The summed E-state index contributed by atoms with van der Waals surface area (Å²) in [4.78, 5) is 13.0. The molecule has 0 spiro atoms. The normalized spacial score (nSPS) is 12.7. The first kappa shape index (κ1) is 11.4. The van der Waals surface area contributed by atoms with Gasteiger partial charge in [-0.15, -0.1) is 0 Å². The Bertz CT molecular complexity index is 136. The number of carbonyl (C=O) groups excluding carboxylic acids is 1. The summed E-state index contributed by atoms with van der Waals surface area (Å²) in [5.41, 5.74) is 5.44. The molecule has 0 aliphatic carbocycles. The average Bonchev–Trinajstić information content (AvgIpc) is 2.11. The maximum atomic E-state index is 11.3. The first-order valence-electron chi connectivity index (χ1n) is 4.55. The first-order chi connectivity index (χ1) is 5.61. The third-order valence-electron chi connectivity index (χ3n) is 2.15. The molecule has 0 fully saturated rings. The summed E-state index contributed by atoms with van der Waals surface area (Å²) in [6.07, 6.45) is 1.53. The summed E-state index contributed by atoms with van der Waals surface area (Å²) in [6, 6.07) is 0. The standard InChI is InChI=1S/C9H20N2O/c1-4-11(3)9(12)6-5-8(2)7-10/h8H,4-7,10H2,1-3H3. The first-order valence-corrected chi connectivity index (χ1v) is 4.55. The Labute approximate surface area is 74.9 Å². The van der Waals surface area contributed by atoms with Crippen LogP contribution in [0.1, 0.15) is 26.7 Å². The van der Waals surface area contributed by atoms with Crippen molar-refractivity contribution in [3.05, 3.63) is 0 Å². The van der Waals surface area contributed by atoms with Gasteiger partial charge in [-0.05, 0) is 25.8 Å². The van der Waals surface area contributed by atoms with Gasteiger partial charge in [0.05, 0.1) is 0 Å². The van der Waals surface area contributed by atoms with E-state index in [1.54, 1.807) is 4.90 Å². The van der Waals surface area contributed by atoms with E-state index in [0.717, 1.165) is 13.0 Å². The van der Waals surface area contributed by atoms with Gasteiger partial charge in [0.15, 0.2) is 0 Å². The van der Waals surface area contributed by atoms with Gasteiger partial charge in [-0.2, -0.15) is 0 Å². The lowest BCUT2D eigenvalue weighted by molar-refractivity contribution is -0.129. The number of rotatable bonds is 5. The molecule has 0 aromatic carbocycles. The van der Waals surface area contributed by atoms with Gasteiger partial charge in [0, 0.05) is 20.0 Å². The van der Waals surface area contributed by atoms with E-state index in [1.807, 2.05) is 14.0 Å². The second-order valence-electron chi connectivity index (χ2n) is 3.29. The van der Waals surface area contributed by atoms with Crippen LogP contribution in [0.25, 0.3) is 0 Å². The maximum Gasteiger partial charge on any atom is 0.222 e. The fraction of sp³-hybridized carbons (Fsp3) is 0.889. The molecule has 3 nitrogen and oxygen atoms in total. The van der Waals surface area contributed by atoms with E-state index >= 15 is 0 Å². The van der Waals surface area contributed by atoms with Crippen molar-refractivity contribution in [2.75, 3.05) is 20.1 Å². The minimum atomic E-state index is 0.220. The third-order valence-corrected chi connectivity index (χ3v) is 2.15. The highest BCUT2D eigenvalue weighted by molar-refractivity contribution is 5.75. The zero-order valence-electron chi connectivity index (χ0n) is 8.34. The molecule has 72 valence electrons. The SMILES string of the molecule is CCN(C)C(=O)CCC(C)CN. The van der Waals surface area contributed by atoms with Gasteiger partial charge >= 0.3 is 0 Å². The van der Waals surface area contributed by atoms with Gasteiger partial charge in [0.2, 0.25) is 5.91 Å². The molecule has 1 unspecified atom stereocenters. The Morgan fingerprint density at radius 1 is 1.58 bits per heavy atom. The molecule has 1 amide bonds. The fourth-order valence-electron chi connectivity index (χ4n) is 0.855. The largest absolute Gasteiger partial charge is 0.346 e. The topological polar surface area (TPSA) is 46.3 Å². The van der Waals surface area contributed by atoms with Crippen molar-refractivity contribution < 1.29 is 4.79 Å². The van der Waals surface area contributed by atoms with E-state index in [2.05, 4.69) is 6.92 Å². The van der Waals surface area contributed by atoms with Crippen LogP contribution in [-0.4, -0.2) is 30.9 Å². The van der Waals surface area contributed by atoms with E-state index < -0.39 is 0 Å². The Morgan fingerprint density at radius 2 is 2.17 bits per heavy atom. The molecule has 0 aromatic heterocycles. The van der Waals surface area contributed by atoms with Gasteiger partial charge in [-0.3, -0.25) is 4.79 Å². The molecular formula is C9H20N2O. The molecule has 0 aliphatic rings. The zero-order valence-corrected chi connectivity index (χ0v) is 8.34. The van der Waals surface area contributed by atoms with Crippen molar-refractivity contribution >= 4 is 5.91 Å². The highest BCUT2D eigenvalue weighted by Gasteiger charge is 2.08. The molecule has 0 radical (unpaired) electrons. The number of nitrogens with zero attached hydrogens (tertiary/aromatic N) is 1. The number of hydrogen-bond acceptors (Lipinski definition) is 2. The lowest BCUT2D eigenvalue weighted by Crippen LogP contribution is -2.26.